The quantitative estimate of drug-likeness (QED) is 0.811. The van der Waals surface area contributed by atoms with E-state index in [1.165, 1.54) is 23.3 Å². The standard InChI is InChI=1S/C18H19F2N/c1-18(2)10-9-12-5-3-4-6-14(12)17(18)21-16-8-7-13(19)11-15(16)20/h3-8,11,17,21H,9-10H2,1-2H3. The van der Waals surface area contributed by atoms with Crippen LogP contribution >= 0.6 is 0 Å². The zero-order valence-electron chi connectivity index (χ0n) is 12.3. The molecule has 3 rings (SSSR count). The van der Waals surface area contributed by atoms with E-state index in [2.05, 4.69) is 31.3 Å². The average molecular weight is 287 g/mol. The van der Waals surface area contributed by atoms with Gasteiger partial charge in [0.15, 0.2) is 0 Å². The molecule has 1 unspecified atom stereocenters. The lowest BCUT2D eigenvalue weighted by Crippen LogP contribution is -2.33. The van der Waals surface area contributed by atoms with Crippen LogP contribution in [0.4, 0.5) is 14.5 Å². The molecule has 0 spiro atoms. The molecule has 110 valence electrons. The maximum absolute atomic E-state index is 13.9. The monoisotopic (exact) mass is 287 g/mol. The van der Waals surface area contributed by atoms with Crippen LogP contribution in [0, 0.1) is 17.0 Å². The van der Waals surface area contributed by atoms with E-state index in [4.69, 9.17) is 0 Å². The molecule has 0 saturated carbocycles. The van der Waals surface area contributed by atoms with Gasteiger partial charge in [-0.15, -0.1) is 0 Å². The number of hydrogen-bond donors (Lipinski definition) is 1. The fraction of sp³-hybridized carbons (Fsp3) is 0.333. The van der Waals surface area contributed by atoms with Gasteiger partial charge in [-0.25, -0.2) is 8.78 Å². The molecule has 0 radical (unpaired) electrons. The second kappa shape index (κ2) is 5.14. The van der Waals surface area contributed by atoms with E-state index in [-0.39, 0.29) is 11.5 Å². The molecule has 0 aromatic heterocycles. The van der Waals surface area contributed by atoms with Crippen LogP contribution in [0.1, 0.15) is 37.4 Å². The van der Waals surface area contributed by atoms with Crippen molar-refractivity contribution in [2.24, 2.45) is 5.41 Å². The van der Waals surface area contributed by atoms with E-state index in [1.807, 2.05) is 12.1 Å². The summed E-state index contributed by atoms with van der Waals surface area (Å²) in [4.78, 5) is 0. The molecule has 2 aromatic carbocycles. The third kappa shape index (κ3) is 2.65. The third-order valence-corrected chi connectivity index (χ3v) is 4.42. The second-order valence-electron chi connectivity index (χ2n) is 6.39. The molecule has 0 bridgehead atoms. The summed E-state index contributed by atoms with van der Waals surface area (Å²) in [7, 11) is 0. The molecule has 21 heavy (non-hydrogen) atoms. The minimum absolute atomic E-state index is 0.00911. The minimum Gasteiger partial charge on any atom is -0.375 e. The smallest absolute Gasteiger partial charge is 0.149 e. The number of hydrogen-bond acceptors (Lipinski definition) is 1. The Hall–Kier alpha value is -1.90. The number of anilines is 1. The lowest BCUT2D eigenvalue weighted by molar-refractivity contribution is 0.265. The number of aryl methyl sites for hydroxylation is 1. The number of halogens is 2. The van der Waals surface area contributed by atoms with Crippen molar-refractivity contribution < 1.29 is 8.78 Å². The lowest BCUT2D eigenvalue weighted by Gasteiger charge is -2.41. The van der Waals surface area contributed by atoms with E-state index in [0.717, 1.165) is 18.9 Å². The van der Waals surface area contributed by atoms with Gasteiger partial charge in [0.1, 0.15) is 11.6 Å². The van der Waals surface area contributed by atoms with E-state index >= 15 is 0 Å². The summed E-state index contributed by atoms with van der Waals surface area (Å²) in [5.41, 5.74) is 2.87. The molecule has 0 aliphatic heterocycles. The highest BCUT2D eigenvalue weighted by atomic mass is 19.1. The summed E-state index contributed by atoms with van der Waals surface area (Å²) in [6.07, 6.45) is 2.07. The van der Waals surface area contributed by atoms with Crippen molar-refractivity contribution in [3.05, 3.63) is 65.2 Å². The molecule has 1 aliphatic carbocycles. The molecule has 1 aliphatic rings. The Kier molecular flexibility index (Phi) is 3.44. The number of benzene rings is 2. The first-order chi connectivity index (χ1) is 9.97. The van der Waals surface area contributed by atoms with Gasteiger partial charge in [0, 0.05) is 6.07 Å². The highest BCUT2D eigenvalue weighted by Gasteiger charge is 2.36. The van der Waals surface area contributed by atoms with Crippen molar-refractivity contribution in [3.63, 3.8) is 0 Å². The van der Waals surface area contributed by atoms with E-state index in [0.29, 0.717) is 5.69 Å². The van der Waals surface area contributed by atoms with Crippen LogP contribution in [0.25, 0.3) is 0 Å². The van der Waals surface area contributed by atoms with Gasteiger partial charge in [0.25, 0.3) is 0 Å². The van der Waals surface area contributed by atoms with Gasteiger partial charge in [0.2, 0.25) is 0 Å². The van der Waals surface area contributed by atoms with Gasteiger partial charge in [-0.05, 0) is 41.5 Å². The summed E-state index contributed by atoms with van der Waals surface area (Å²) in [5, 5.41) is 3.28. The van der Waals surface area contributed by atoms with Crippen LogP contribution in [-0.2, 0) is 6.42 Å². The Labute approximate surface area is 124 Å². The van der Waals surface area contributed by atoms with Crippen LogP contribution in [-0.4, -0.2) is 0 Å². The zero-order valence-corrected chi connectivity index (χ0v) is 12.3. The molecule has 0 fully saturated rings. The van der Waals surface area contributed by atoms with Crippen LogP contribution < -0.4 is 5.32 Å². The topological polar surface area (TPSA) is 12.0 Å². The first-order valence-electron chi connectivity index (χ1n) is 7.27. The minimum atomic E-state index is -0.554. The Morgan fingerprint density at radius 3 is 2.62 bits per heavy atom. The zero-order chi connectivity index (χ0) is 15.0. The van der Waals surface area contributed by atoms with Crippen molar-refractivity contribution in [2.75, 3.05) is 5.32 Å². The molecule has 2 aromatic rings. The fourth-order valence-electron chi connectivity index (χ4n) is 3.10. The van der Waals surface area contributed by atoms with Crippen LogP contribution in [0.5, 0.6) is 0 Å². The van der Waals surface area contributed by atoms with E-state index < -0.39 is 11.6 Å². The highest BCUT2D eigenvalue weighted by Crippen LogP contribution is 2.45. The maximum atomic E-state index is 13.9. The first-order valence-corrected chi connectivity index (χ1v) is 7.27. The molecule has 0 amide bonds. The molecular formula is C18H19F2N. The van der Waals surface area contributed by atoms with Gasteiger partial charge in [-0.2, -0.15) is 0 Å². The van der Waals surface area contributed by atoms with Crippen molar-refractivity contribution in [1.29, 1.82) is 0 Å². The normalized spacial score (nSPS) is 19.9. The third-order valence-electron chi connectivity index (χ3n) is 4.42. The van der Waals surface area contributed by atoms with E-state index in [1.54, 1.807) is 0 Å². The Bertz CT molecular complexity index is 664. The predicted octanol–water partition coefficient (Wildman–Crippen LogP) is 5.09. The lowest BCUT2D eigenvalue weighted by atomic mass is 9.70. The molecule has 1 atom stereocenters. The van der Waals surface area contributed by atoms with Crippen molar-refractivity contribution in [3.8, 4) is 0 Å². The SMILES string of the molecule is CC1(C)CCc2ccccc2C1Nc1ccc(F)cc1F. The fourth-order valence-corrected chi connectivity index (χ4v) is 3.10. The van der Waals surface area contributed by atoms with Gasteiger partial charge in [0.05, 0.1) is 11.7 Å². The summed E-state index contributed by atoms with van der Waals surface area (Å²) in [6, 6.07) is 12.0. The Balaban J connectivity index is 1.99. The Morgan fingerprint density at radius 1 is 1.10 bits per heavy atom. The van der Waals surface area contributed by atoms with Gasteiger partial charge in [-0.3, -0.25) is 0 Å². The summed E-state index contributed by atoms with van der Waals surface area (Å²) < 4.78 is 27.0. The van der Waals surface area contributed by atoms with Crippen molar-refractivity contribution in [2.45, 2.75) is 32.7 Å². The maximum Gasteiger partial charge on any atom is 0.149 e. The number of nitrogens with one attached hydrogen (secondary N) is 1. The summed E-state index contributed by atoms with van der Waals surface area (Å²) in [6.45, 7) is 4.37. The summed E-state index contributed by atoms with van der Waals surface area (Å²) >= 11 is 0. The molecule has 0 saturated heterocycles. The van der Waals surface area contributed by atoms with Gasteiger partial charge < -0.3 is 5.32 Å². The van der Waals surface area contributed by atoms with Gasteiger partial charge >= 0.3 is 0 Å². The van der Waals surface area contributed by atoms with Crippen molar-refractivity contribution in [1.82, 2.24) is 0 Å². The van der Waals surface area contributed by atoms with Crippen LogP contribution in [0.3, 0.4) is 0 Å². The number of fused-ring (bicyclic) bond motifs is 1. The average Bonchev–Trinajstić information content (AvgIpc) is 2.44. The van der Waals surface area contributed by atoms with Crippen LogP contribution in [0.15, 0.2) is 42.5 Å². The molecule has 1 N–H and O–H groups in total. The second-order valence-corrected chi connectivity index (χ2v) is 6.39. The van der Waals surface area contributed by atoms with Crippen molar-refractivity contribution >= 4 is 5.69 Å². The first kappa shape index (κ1) is 14.1. The molecular weight excluding hydrogens is 268 g/mol. The molecule has 0 heterocycles. The largest absolute Gasteiger partial charge is 0.375 e. The predicted molar refractivity (Wildman–Crippen MR) is 81.3 cm³/mol. The van der Waals surface area contributed by atoms with Crippen LogP contribution in [0.2, 0.25) is 0 Å². The summed E-state index contributed by atoms with van der Waals surface area (Å²) in [5.74, 6) is -1.10. The number of rotatable bonds is 2. The Morgan fingerprint density at radius 2 is 1.86 bits per heavy atom. The molecule has 1 nitrogen and oxygen atoms in total. The molecule has 3 heteroatoms. The van der Waals surface area contributed by atoms with Gasteiger partial charge in [-0.1, -0.05) is 38.1 Å². The highest BCUT2D eigenvalue weighted by molar-refractivity contribution is 5.49. The van der Waals surface area contributed by atoms with E-state index in [9.17, 15) is 8.78 Å².